The monoisotopic (exact) mass is 311 g/mol. The van der Waals surface area contributed by atoms with Crippen LogP contribution in [0.5, 0.6) is 0 Å². The summed E-state index contributed by atoms with van der Waals surface area (Å²) in [5, 5.41) is 4.83. The fraction of sp³-hybridized carbons (Fsp3) is 0.812. The van der Waals surface area contributed by atoms with E-state index in [0.717, 1.165) is 31.9 Å². The zero-order valence-corrected chi connectivity index (χ0v) is 15.0. The van der Waals surface area contributed by atoms with E-state index in [0.29, 0.717) is 12.1 Å². The second kappa shape index (κ2) is 6.73. The lowest BCUT2D eigenvalue weighted by molar-refractivity contribution is -0.0190. The summed E-state index contributed by atoms with van der Waals surface area (Å²) in [6, 6.07) is 0.328. The van der Waals surface area contributed by atoms with Gasteiger partial charge in [0.05, 0.1) is 23.4 Å². The van der Waals surface area contributed by atoms with Gasteiger partial charge in [0.2, 0.25) is 0 Å². The molecule has 0 radical (unpaired) electrons. The Morgan fingerprint density at radius 2 is 2.19 bits per heavy atom. The SMILES string of the molecule is Cc1nc(C(C)(C)C)sc1C(C)NCC1CN(C)CCO1. The molecule has 2 rings (SSSR count). The third-order valence-corrected chi connectivity index (χ3v) is 5.63. The van der Waals surface area contributed by atoms with Crippen LogP contribution in [0.2, 0.25) is 0 Å². The summed E-state index contributed by atoms with van der Waals surface area (Å²) in [7, 11) is 2.15. The van der Waals surface area contributed by atoms with Crippen LogP contribution in [-0.4, -0.2) is 49.3 Å². The van der Waals surface area contributed by atoms with E-state index in [-0.39, 0.29) is 5.41 Å². The standard InChI is InChI=1S/C16H29N3OS/c1-11(17-9-13-10-19(6)7-8-20-13)14-12(2)18-15(21-14)16(3,4)5/h11,13,17H,7-10H2,1-6H3. The Morgan fingerprint density at radius 3 is 2.76 bits per heavy atom. The van der Waals surface area contributed by atoms with Crippen LogP contribution >= 0.6 is 11.3 Å². The Balaban J connectivity index is 1.94. The largest absolute Gasteiger partial charge is 0.374 e. The van der Waals surface area contributed by atoms with Gasteiger partial charge < -0.3 is 15.0 Å². The van der Waals surface area contributed by atoms with Gasteiger partial charge in [0.25, 0.3) is 0 Å². The Bertz CT molecular complexity index is 467. The average molecular weight is 311 g/mol. The number of nitrogens with zero attached hydrogens (tertiary/aromatic N) is 2. The van der Waals surface area contributed by atoms with Crippen LogP contribution in [0.4, 0.5) is 0 Å². The molecule has 2 atom stereocenters. The van der Waals surface area contributed by atoms with Gasteiger partial charge in [0, 0.05) is 36.0 Å². The molecule has 0 spiro atoms. The fourth-order valence-corrected chi connectivity index (χ4v) is 3.67. The predicted molar refractivity (Wildman–Crippen MR) is 89.2 cm³/mol. The zero-order chi connectivity index (χ0) is 15.6. The van der Waals surface area contributed by atoms with E-state index in [1.54, 1.807) is 0 Å². The van der Waals surface area contributed by atoms with Crippen LogP contribution < -0.4 is 5.32 Å². The second-order valence-electron chi connectivity index (χ2n) is 7.10. The van der Waals surface area contributed by atoms with Crippen molar-refractivity contribution < 1.29 is 4.74 Å². The van der Waals surface area contributed by atoms with Crippen molar-refractivity contribution in [3.63, 3.8) is 0 Å². The molecule has 21 heavy (non-hydrogen) atoms. The average Bonchev–Trinajstić information content (AvgIpc) is 2.78. The van der Waals surface area contributed by atoms with Crippen molar-refractivity contribution in [3.05, 3.63) is 15.6 Å². The van der Waals surface area contributed by atoms with Gasteiger partial charge in [0.1, 0.15) is 0 Å². The predicted octanol–water partition coefficient (Wildman–Crippen LogP) is 2.73. The zero-order valence-electron chi connectivity index (χ0n) is 14.2. The summed E-state index contributed by atoms with van der Waals surface area (Å²) in [6.45, 7) is 14.8. The number of hydrogen-bond acceptors (Lipinski definition) is 5. The first-order valence-corrected chi connectivity index (χ1v) is 8.60. The van der Waals surface area contributed by atoms with Gasteiger partial charge in [-0.25, -0.2) is 4.98 Å². The maximum Gasteiger partial charge on any atom is 0.0985 e. The number of aryl methyl sites for hydroxylation is 1. The van der Waals surface area contributed by atoms with Crippen molar-refractivity contribution in [2.75, 3.05) is 33.3 Å². The third-order valence-electron chi connectivity index (χ3n) is 3.86. The summed E-state index contributed by atoms with van der Waals surface area (Å²) in [4.78, 5) is 8.43. The van der Waals surface area contributed by atoms with Crippen LogP contribution in [0, 0.1) is 6.92 Å². The number of morpholine rings is 1. The van der Waals surface area contributed by atoms with Gasteiger partial charge >= 0.3 is 0 Å². The summed E-state index contributed by atoms with van der Waals surface area (Å²) < 4.78 is 5.81. The molecule has 1 aliphatic heterocycles. The first-order valence-electron chi connectivity index (χ1n) is 7.78. The number of rotatable bonds is 4. The van der Waals surface area contributed by atoms with Crippen LogP contribution in [0.25, 0.3) is 0 Å². The molecule has 2 unspecified atom stereocenters. The highest BCUT2D eigenvalue weighted by molar-refractivity contribution is 7.12. The molecule has 120 valence electrons. The van der Waals surface area contributed by atoms with Crippen molar-refractivity contribution >= 4 is 11.3 Å². The molecule has 1 fully saturated rings. The number of ether oxygens (including phenoxy) is 1. The lowest BCUT2D eigenvalue weighted by atomic mass is 9.98. The summed E-state index contributed by atoms with van der Waals surface area (Å²) >= 11 is 1.84. The minimum atomic E-state index is 0.128. The van der Waals surface area contributed by atoms with E-state index in [1.165, 1.54) is 9.88 Å². The highest BCUT2D eigenvalue weighted by Crippen LogP contribution is 2.32. The second-order valence-corrected chi connectivity index (χ2v) is 8.13. The molecule has 0 aliphatic carbocycles. The van der Waals surface area contributed by atoms with E-state index < -0.39 is 0 Å². The number of hydrogen-bond donors (Lipinski definition) is 1. The highest BCUT2D eigenvalue weighted by Gasteiger charge is 2.23. The van der Waals surface area contributed by atoms with Crippen molar-refractivity contribution in [3.8, 4) is 0 Å². The lowest BCUT2D eigenvalue weighted by Crippen LogP contribution is -2.45. The Labute approximate surface area is 132 Å². The van der Waals surface area contributed by atoms with Crippen LogP contribution in [0.15, 0.2) is 0 Å². The van der Waals surface area contributed by atoms with Crippen molar-refractivity contribution in [2.24, 2.45) is 0 Å². The molecule has 4 nitrogen and oxygen atoms in total. The summed E-state index contributed by atoms with van der Waals surface area (Å²) in [5.74, 6) is 0. The first kappa shape index (κ1) is 16.9. The molecule has 1 saturated heterocycles. The topological polar surface area (TPSA) is 37.4 Å². The van der Waals surface area contributed by atoms with Gasteiger partial charge in [-0.3, -0.25) is 0 Å². The molecule has 0 aromatic carbocycles. The molecule has 0 amide bonds. The van der Waals surface area contributed by atoms with Crippen molar-refractivity contribution in [2.45, 2.75) is 52.2 Å². The normalized spacial score (nSPS) is 22.5. The van der Waals surface area contributed by atoms with Gasteiger partial charge in [-0.05, 0) is 20.9 Å². The lowest BCUT2D eigenvalue weighted by Gasteiger charge is -2.31. The van der Waals surface area contributed by atoms with Crippen LogP contribution in [0.1, 0.15) is 49.3 Å². The molecule has 0 saturated carbocycles. The fourth-order valence-electron chi connectivity index (χ4n) is 2.52. The maximum atomic E-state index is 5.81. The molecule has 2 heterocycles. The molecule has 1 aromatic heterocycles. The smallest absolute Gasteiger partial charge is 0.0985 e. The van der Waals surface area contributed by atoms with Gasteiger partial charge in [-0.2, -0.15) is 0 Å². The maximum absolute atomic E-state index is 5.81. The van der Waals surface area contributed by atoms with Gasteiger partial charge in [-0.15, -0.1) is 11.3 Å². The van der Waals surface area contributed by atoms with E-state index in [9.17, 15) is 0 Å². The number of nitrogens with one attached hydrogen (secondary N) is 1. The molecule has 5 heteroatoms. The Morgan fingerprint density at radius 1 is 1.48 bits per heavy atom. The van der Waals surface area contributed by atoms with Crippen molar-refractivity contribution in [1.29, 1.82) is 0 Å². The van der Waals surface area contributed by atoms with E-state index in [2.05, 4.69) is 51.9 Å². The highest BCUT2D eigenvalue weighted by atomic mass is 32.1. The van der Waals surface area contributed by atoms with E-state index in [1.807, 2.05) is 11.3 Å². The summed E-state index contributed by atoms with van der Waals surface area (Å²) in [6.07, 6.45) is 0.293. The van der Waals surface area contributed by atoms with Crippen LogP contribution in [0.3, 0.4) is 0 Å². The number of aromatic nitrogens is 1. The van der Waals surface area contributed by atoms with Gasteiger partial charge in [-0.1, -0.05) is 20.8 Å². The van der Waals surface area contributed by atoms with E-state index >= 15 is 0 Å². The first-order chi connectivity index (χ1) is 9.77. The quantitative estimate of drug-likeness (QED) is 0.928. The minimum absolute atomic E-state index is 0.128. The minimum Gasteiger partial charge on any atom is -0.374 e. The molecule has 1 N–H and O–H groups in total. The molecule has 1 aliphatic rings. The summed E-state index contributed by atoms with van der Waals surface area (Å²) in [5.41, 5.74) is 1.29. The van der Waals surface area contributed by atoms with Gasteiger partial charge in [0.15, 0.2) is 0 Å². The molecule has 0 bridgehead atoms. The number of thiazole rings is 1. The third kappa shape index (κ3) is 4.49. The molecule has 1 aromatic rings. The van der Waals surface area contributed by atoms with Crippen molar-refractivity contribution in [1.82, 2.24) is 15.2 Å². The Kier molecular flexibility index (Phi) is 5.41. The Hall–Kier alpha value is -0.490. The van der Waals surface area contributed by atoms with Crippen LogP contribution in [-0.2, 0) is 10.2 Å². The number of likely N-dealkylation sites (N-methyl/N-ethyl adjacent to an activating group) is 1. The molecular formula is C16H29N3OS. The van der Waals surface area contributed by atoms with E-state index in [4.69, 9.17) is 9.72 Å². The molecular weight excluding hydrogens is 282 g/mol.